The van der Waals surface area contributed by atoms with Crippen LogP contribution < -0.4 is 21.3 Å². The highest BCUT2D eigenvalue weighted by atomic mass is 31.2. The van der Waals surface area contributed by atoms with E-state index >= 15 is 0 Å². The van der Waals surface area contributed by atoms with Crippen LogP contribution in [-0.2, 0) is 64.9 Å². The van der Waals surface area contributed by atoms with Crippen molar-refractivity contribution < 1.29 is 69.7 Å². The lowest BCUT2D eigenvalue weighted by molar-refractivity contribution is -0.148. The van der Waals surface area contributed by atoms with Gasteiger partial charge in [0.2, 0.25) is 11.8 Å². The lowest BCUT2D eigenvalue weighted by Crippen LogP contribution is -2.46. The summed E-state index contributed by atoms with van der Waals surface area (Å²) in [6, 6.07) is -2.46. The fraction of sp³-hybridized carbons (Fsp3) is 0.667. The molecule has 0 saturated carbocycles. The molecule has 6 atom stereocenters. The molecule has 0 saturated heterocycles. The molecule has 0 radical (unpaired) electrons. The summed E-state index contributed by atoms with van der Waals surface area (Å²) >= 11 is 0. The predicted octanol–water partition coefficient (Wildman–Crippen LogP) is 1.89. The Morgan fingerprint density at radius 2 is 0.979 bits per heavy atom. The number of phosphoric acid groups is 2. The third-order valence-electron chi connectivity index (χ3n) is 5.41. The van der Waals surface area contributed by atoms with Gasteiger partial charge in [0.25, 0.3) is 0 Å². The molecule has 0 aliphatic rings. The second-order valence-corrected chi connectivity index (χ2v) is 13.1. The number of carbonyl (C=O) groups excluding carboxylic acids is 5. The molecule has 0 aliphatic carbocycles. The molecule has 19 nitrogen and oxygen atoms in total. The number of amides is 4. The van der Waals surface area contributed by atoms with Crippen LogP contribution in [0.25, 0.3) is 0 Å². The van der Waals surface area contributed by atoms with Crippen LogP contribution in [-0.4, -0.2) is 107 Å². The Morgan fingerprint density at radius 1 is 0.625 bits per heavy atom. The molecule has 48 heavy (non-hydrogen) atoms. The monoisotopic (exact) mass is 730 g/mol. The maximum absolute atomic E-state index is 13.1. The number of carbonyl (C=O) groups is 5. The van der Waals surface area contributed by atoms with Gasteiger partial charge in [-0.15, -0.1) is 13.2 Å². The van der Waals surface area contributed by atoms with Gasteiger partial charge in [0, 0.05) is 40.8 Å². The van der Waals surface area contributed by atoms with Gasteiger partial charge in [0.15, 0.2) is 0 Å². The molecule has 0 aromatic carbocycles. The Morgan fingerprint density at radius 3 is 1.27 bits per heavy atom. The standard InChI is InChI=1S/C27H48N4O15P2/c1-9-13-39-47(37,43-17-25(30-21(5)32)19(3)45-23(7)34)41-15-11-28-27(36)29-12-16-42-48(38,40-14-10-2)44-18-26(31-22(6)33)20(4)46-24(8)35/h9-10,19-20,25-26H,1-2,11-18H2,3-8H3,(H,30,32)(H,31,33)(H2,28,29,36)/t19-,20-,25+,26+,47?,48?/m1/s1. The molecular weight excluding hydrogens is 682 g/mol. The fourth-order valence-electron chi connectivity index (χ4n) is 3.36. The summed E-state index contributed by atoms with van der Waals surface area (Å²) in [5.41, 5.74) is 0. The van der Waals surface area contributed by atoms with Gasteiger partial charge >= 0.3 is 33.6 Å². The molecule has 0 aromatic heterocycles. The van der Waals surface area contributed by atoms with Gasteiger partial charge in [-0.25, -0.2) is 13.9 Å². The van der Waals surface area contributed by atoms with Crippen molar-refractivity contribution in [1.82, 2.24) is 21.3 Å². The molecule has 0 aromatic rings. The minimum atomic E-state index is -4.22. The predicted molar refractivity (Wildman–Crippen MR) is 170 cm³/mol. The van der Waals surface area contributed by atoms with Crippen molar-refractivity contribution in [3.63, 3.8) is 0 Å². The second kappa shape index (κ2) is 24.1. The number of urea groups is 1. The third-order valence-corrected chi connectivity index (χ3v) is 8.27. The Hall–Kier alpha value is -3.15. The highest BCUT2D eigenvalue weighted by molar-refractivity contribution is 7.48. The molecule has 0 aliphatic heterocycles. The Labute approximate surface area is 280 Å². The summed E-state index contributed by atoms with van der Waals surface area (Å²) in [6.45, 7) is 12.6. The number of nitrogens with one attached hydrogen (secondary N) is 4. The normalized spacial score (nSPS) is 16.0. The number of rotatable bonds is 26. The SMILES string of the molecule is C=CCOP(=O)(OCCNC(=O)NCCOP(=O)(OCC=C)OC[C@H](NC(C)=O)[C@@H](C)OC(C)=O)OC[C@H](NC(C)=O)[C@@H](C)OC(C)=O. The molecule has 4 amide bonds. The van der Waals surface area contributed by atoms with Crippen LogP contribution >= 0.6 is 15.6 Å². The van der Waals surface area contributed by atoms with Gasteiger partial charge in [-0.1, -0.05) is 12.2 Å². The molecule has 0 bridgehead atoms. The van der Waals surface area contributed by atoms with Crippen LogP contribution in [0, 0.1) is 0 Å². The molecule has 21 heteroatoms. The Balaban J connectivity index is 4.96. The smallest absolute Gasteiger partial charge is 0.461 e. The van der Waals surface area contributed by atoms with Crippen LogP contribution in [0.1, 0.15) is 41.5 Å². The summed E-state index contributed by atoms with van der Waals surface area (Å²) in [5.74, 6) is -2.10. The van der Waals surface area contributed by atoms with E-state index < -0.39 is 82.9 Å². The number of phosphoric ester groups is 2. The zero-order valence-electron chi connectivity index (χ0n) is 28.1. The van der Waals surface area contributed by atoms with Gasteiger partial charge in [-0.05, 0) is 13.8 Å². The zero-order chi connectivity index (χ0) is 36.8. The summed E-state index contributed by atoms with van der Waals surface area (Å²) < 4.78 is 67.8. The first-order valence-electron chi connectivity index (χ1n) is 14.6. The summed E-state index contributed by atoms with van der Waals surface area (Å²) in [6.07, 6.45) is 0.938. The third kappa shape index (κ3) is 21.7. The van der Waals surface area contributed by atoms with E-state index in [0.717, 1.165) is 0 Å². The van der Waals surface area contributed by atoms with E-state index in [2.05, 4.69) is 34.4 Å². The average molecular weight is 731 g/mol. The Kier molecular flexibility index (Phi) is 22.5. The molecule has 4 N–H and O–H groups in total. The average Bonchev–Trinajstić information content (AvgIpc) is 2.98. The van der Waals surface area contributed by atoms with Crippen LogP contribution in [0.2, 0.25) is 0 Å². The molecule has 2 unspecified atom stereocenters. The van der Waals surface area contributed by atoms with E-state index in [4.69, 9.17) is 36.6 Å². The van der Waals surface area contributed by atoms with Crippen molar-refractivity contribution >= 4 is 45.4 Å². The first kappa shape index (κ1) is 44.9. The van der Waals surface area contributed by atoms with Crippen molar-refractivity contribution in [2.24, 2.45) is 0 Å². The first-order chi connectivity index (χ1) is 22.5. The van der Waals surface area contributed by atoms with E-state index in [1.165, 1.54) is 53.7 Å². The van der Waals surface area contributed by atoms with Crippen molar-refractivity contribution in [3.05, 3.63) is 25.3 Å². The number of esters is 2. The quantitative estimate of drug-likeness (QED) is 0.0430. The van der Waals surface area contributed by atoms with Gasteiger partial charge in [0.1, 0.15) is 12.2 Å². The Bertz CT molecular complexity index is 1090. The summed E-state index contributed by atoms with van der Waals surface area (Å²) in [4.78, 5) is 58.0. The van der Waals surface area contributed by atoms with E-state index in [0.29, 0.717) is 0 Å². The number of hydrogen-bond donors (Lipinski definition) is 4. The van der Waals surface area contributed by atoms with E-state index in [9.17, 15) is 33.1 Å². The highest BCUT2D eigenvalue weighted by Gasteiger charge is 2.32. The van der Waals surface area contributed by atoms with Gasteiger partial charge < -0.3 is 30.7 Å². The van der Waals surface area contributed by atoms with E-state index in [1.807, 2.05) is 0 Å². The number of hydrogen-bond acceptors (Lipinski definition) is 15. The second-order valence-electron chi connectivity index (χ2n) is 9.75. The van der Waals surface area contributed by atoms with E-state index in [1.54, 1.807) is 0 Å². The van der Waals surface area contributed by atoms with Gasteiger partial charge in [-0.2, -0.15) is 0 Å². The van der Waals surface area contributed by atoms with Crippen molar-refractivity contribution in [3.8, 4) is 0 Å². The van der Waals surface area contributed by atoms with Crippen molar-refractivity contribution in [2.75, 3.05) is 52.7 Å². The zero-order valence-corrected chi connectivity index (χ0v) is 29.8. The van der Waals surface area contributed by atoms with Gasteiger partial charge in [0.05, 0.1) is 51.7 Å². The largest absolute Gasteiger partial charge is 0.475 e. The van der Waals surface area contributed by atoms with Crippen LogP contribution in [0.15, 0.2) is 25.3 Å². The topological polar surface area (TPSA) is 241 Å². The minimum Gasteiger partial charge on any atom is -0.461 e. The van der Waals surface area contributed by atoms with Gasteiger partial charge in [-0.3, -0.25) is 46.3 Å². The van der Waals surface area contributed by atoms with Crippen LogP contribution in [0.5, 0.6) is 0 Å². The van der Waals surface area contributed by atoms with Crippen LogP contribution in [0.4, 0.5) is 4.79 Å². The molecule has 0 spiro atoms. The maximum Gasteiger partial charge on any atom is 0.475 e. The lowest BCUT2D eigenvalue weighted by atomic mass is 10.2. The first-order valence-corrected chi connectivity index (χ1v) is 17.6. The molecule has 0 fully saturated rings. The molecule has 276 valence electrons. The van der Waals surface area contributed by atoms with E-state index in [-0.39, 0.29) is 39.5 Å². The van der Waals surface area contributed by atoms with Crippen molar-refractivity contribution in [2.45, 2.75) is 65.8 Å². The number of ether oxygens (including phenoxy) is 2. The molecular formula is C27H48N4O15P2. The molecule has 0 rings (SSSR count). The maximum atomic E-state index is 13.1. The highest BCUT2D eigenvalue weighted by Crippen LogP contribution is 2.50. The van der Waals surface area contributed by atoms with Crippen LogP contribution in [0.3, 0.4) is 0 Å². The lowest BCUT2D eigenvalue weighted by Gasteiger charge is -2.26. The van der Waals surface area contributed by atoms with Crippen molar-refractivity contribution in [1.29, 1.82) is 0 Å². The minimum absolute atomic E-state index is 0.161. The molecule has 0 heterocycles. The summed E-state index contributed by atoms with van der Waals surface area (Å²) in [5, 5.41) is 9.93. The summed E-state index contributed by atoms with van der Waals surface area (Å²) in [7, 11) is -8.45. The fourth-order valence-corrected chi connectivity index (χ4v) is 5.70.